The molecular formula is C13H9N3O3S2. The zero-order valence-corrected chi connectivity index (χ0v) is 12.5. The van der Waals surface area contributed by atoms with Gasteiger partial charge in [0.25, 0.3) is 5.69 Å². The van der Waals surface area contributed by atoms with Gasteiger partial charge >= 0.3 is 0 Å². The molecule has 0 spiro atoms. The summed E-state index contributed by atoms with van der Waals surface area (Å²) in [6.07, 6.45) is 1.80. The van der Waals surface area contributed by atoms with Gasteiger partial charge in [-0.3, -0.25) is 14.9 Å². The highest BCUT2D eigenvalue weighted by Crippen LogP contribution is 2.37. The molecule has 0 fully saturated rings. The van der Waals surface area contributed by atoms with Gasteiger partial charge in [0, 0.05) is 17.7 Å². The molecule has 106 valence electrons. The number of ketones is 1. The van der Waals surface area contributed by atoms with Gasteiger partial charge in [-0.15, -0.1) is 23.1 Å². The average molecular weight is 319 g/mol. The summed E-state index contributed by atoms with van der Waals surface area (Å²) >= 11 is 2.50. The molecule has 8 heteroatoms. The Hall–Kier alpha value is -2.37. The third-order valence-electron chi connectivity index (χ3n) is 2.76. The van der Waals surface area contributed by atoms with Crippen molar-refractivity contribution in [3.63, 3.8) is 0 Å². The minimum absolute atomic E-state index is 0.0896. The predicted octanol–water partition coefficient (Wildman–Crippen LogP) is 3.06. The number of nitrogen functional groups attached to an aromatic ring is 1. The smallest absolute Gasteiger partial charge is 0.269 e. The molecule has 0 aliphatic rings. The first-order chi connectivity index (χ1) is 9.99. The highest BCUT2D eigenvalue weighted by molar-refractivity contribution is 8.00. The molecule has 2 N–H and O–H groups in total. The number of hydrogen-bond acceptors (Lipinski definition) is 7. The summed E-state index contributed by atoms with van der Waals surface area (Å²) in [5.74, 6) is -0.343. The Morgan fingerprint density at radius 2 is 2.05 bits per heavy atom. The first kappa shape index (κ1) is 15.0. The number of anilines is 1. The van der Waals surface area contributed by atoms with Gasteiger partial charge in [0.05, 0.1) is 14.8 Å². The molecule has 0 atom stereocenters. The molecule has 21 heavy (non-hydrogen) atoms. The molecule has 0 bridgehead atoms. The molecule has 1 aromatic heterocycles. The number of nitro groups is 1. The summed E-state index contributed by atoms with van der Waals surface area (Å²) < 4.78 is 0.681. The van der Waals surface area contributed by atoms with E-state index in [4.69, 9.17) is 11.0 Å². The molecule has 0 radical (unpaired) electrons. The summed E-state index contributed by atoms with van der Waals surface area (Å²) in [5.41, 5.74) is 6.53. The molecule has 6 nitrogen and oxygen atoms in total. The Morgan fingerprint density at radius 1 is 1.43 bits per heavy atom. The standard InChI is InChI=1S/C13H9N3O3S2/c1-20-13-9(6-14)10(15)12(21-13)11(17)7-2-4-8(5-3-7)16(18)19/h2-5H,15H2,1H3. The van der Waals surface area contributed by atoms with Gasteiger partial charge in [-0.2, -0.15) is 5.26 Å². The van der Waals surface area contributed by atoms with Crippen molar-refractivity contribution in [3.8, 4) is 6.07 Å². The van der Waals surface area contributed by atoms with E-state index in [2.05, 4.69) is 0 Å². The minimum Gasteiger partial charge on any atom is -0.396 e. The van der Waals surface area contributed by atoms with Crippen LogP contribution in [-0.2, 0) is 0 Å². The fourth-order valence-corrected chi connectivity index (χ4v) is 3.51. The maximum atomic E-state index is 12.4. The third-order valence-corrected chi connectivity index (χ3v) is 5.08. The van der Waals surface area contributed by atoms with Crippen molar-refractivity contribution in [1.82, 2.24) is 0 Å². The lowest BCUT2D eigenvalue weighted by molar-refractivity contribution is -0.384. The molecule has 2 aromatic rings. The summed E-state index contributed by atoms with van der Waals surface area (Å²) in [6.45, 7) is 0. The van der Waals surface area contributed by atoms with Crippen LogP contribution in [-0.4, -0.2) is 17.0 Å². The van der Waals surface area contributed by atoms with E-state index in [1.165, 1.54) is 36.0 Å². The largest absolute Gasteiger partial charge is 0.396 e. The van der Waals surface area contributed by atoms with Crippen molar-refractivity contribution in [2.45, 2.75) is 4.21 Å². The van der Waals surface area contributed by atoms with Gasteiger partial charge in [-0.05, 0) is 18.4 Å². The number of non-ortho nitro benzene ring substituents is 1. The van der Waals surface area contributed by atoms with Crippen LogP contribution in [0.3, 0.4) is 0 Å². The highest BCUT2D eigenvalue weighted by atomic mass is 32.2. The van der Waals surface area contributed by atoms with Crippen molar-refractivity contribution in [2.24, 2.45) is 0 Å². The Kier molecular flexibility index (Phi) is 4.26. The number of carbonyl (C=O) groups is 1. The lowest BCUT2D eigenvalue weighted by atomic mass is 10.1. The monoisotopic (exact) mass is 319 g/mol. The van der Waals surface area contributed by atoms with Crippen LogP contribution >= 0.6 is 23.1 Å². The van der Waals surface area contributed by atoms with Crippen LogP contribution in [0.15, 0.2) is 28.5 Å². The molecule has 0 amide bonds. The van der Waals surface area contributed by atoms with E-state index in [1.807, 2.05) is 6.07 Å². The van der Waals surface area contributed by atoms with Crippen molar-refractivity contribution >= 4 is 40.3 Å². The lowest BCUT2D eigenvalue weighted by Crippen LogP contribution is -2.02. The molecule has 1 heterocycles. The molecular weight excluding hydrogens is 310 g/mol. The maximum absolute atomic E-state index is 12.4. The molecule has 0 saturated heterocycles. The van der Waals surface area contributed by atoms with E-state index in [0.717, 1.165) is 11.3 Å². The van der Waals surface area contributed by atoms with Gasteiger partial charge in [0.2, 0.25) is 5.78 Å². The number of nitro benzene ring substituents is 1. The minimum atomic E-state index is -0.534. The molecule has 2 rings (SSSR count). The molecule has 0 unspecified atom stereocenters. The fraction of sp³-hybridized carbons (Fsp3) is 0.0769. The predicted molar refractivity (Wildman–Crippen MR) is 81.8 cm³/mol. The van der Waals surface area contributed by atoms with Gasteiger partial charge in [-0.25, -0.2) is 0 Å². The number of thioether (sulfide) groups is 1. The summed E-state index contributed by atoms with van der Waals surface area (Å²) in [5, 5.41) is 19.7. The average Bonchev–Trinajstić information content (AvgIpc) is 2.82. The fourth-order valence-electron chi connectivity index (χ4n) is 1.71. The second-order valence-electron chi connectivity index (χ2n) is 3.96. The van der Waals surface area contributed by atoms with Crippen LogP contribution in [0.2, 0.25) is 0 Å². The Balaban J connectivity index is 2.43. The number of nitrogens with two attached hydrogens (primary N) is 1. The van der Waals surface area contributed by atoms with E-state index >= 15 is 0 Å². The van der Waals surface area contributed by atoms with Crippen molar-refractivity contribution < 1.29 is 9.72 Å². The number of nitrogens with zero attached hydrogens (tertiary/aromatic N) is 2. The molecule has 1 aromatic carbocycles. The van der Waals surface area contributed by atoms with Gasteiger partial charge in [-0.1, -0.05) is 0 Å². The van der Waals surface area contributed by atoms with Crippen molar-refractivity contribution in [1.29, 1.82) is 5.26 Å². The van der Waals surface area contributed by atoms with E-state index in [0.29, 0.717) is 15.3 Å². The second kappa shape index (κ2) is 5.95. The lowest BCUT2D eigenvalue weighted by Gasteiger charge is -1.99. The first-order valence-electron chi connectivity index (χ1n) is 5.65. The van der Waals surface area contributed by atoms with E-state index in [9.17, 15) is 14.9 Å². The molecule has 0 aliphatic heterocycles. The second-order valence-corrected chi connectivity index (χ2v) is 6.05. The van der Waals surface area contributed by atoms with E-state index in [-0.39, 0.29) is 22.0 Å². The SMILES string of the molecule is CSc1sc(C(=O)c2ccc([N+](=O)[O-])cc2)c(N)c1C#N. The zero-order chi connectivity index (χ0) is 15.6. The van der Waals surface area contributed by atoms with Crippen LogP contribution in [0.5, 0.6) is 0 Å². The van der Waals surface area contributed by atoms with Crippen LogP contribution < -0.4 is 5.73 Å². The quantitative estimate of drug-likeness (QED) is 0.401. The van der Waals surface area contributed by atoms with Gasteiger partial charge < -0.3 is 5.73 Å². The van der Waals surface area contributed by atoms with Crippen molar-refractivity contribution in [2.75, 3.05) is 12.0 Å². The number of nitriles is 1. The number of hydrogen-bond donors (Lipinski definition) is 1. The maximum Gasteiger partial charge on any atom is 0.269 e. The normalized spacial score (nSPS) is 10.1. The molecule has 0 aliphatic carbocycles. The van der Waals surface area contributed by atoms with Crippen LogP contribution in [0.1, 0.15) is 20.8 Å². The molecule has 0 saturated carbocycles. The van der Waals surface area contributed by atoms with Crippen LogP contribution in [0.25, 0.3) is 0 Å². The summed E-state index contributed by atoms with van der Waals surface area (Å²) in [4.78, 5) is 22.7. The number of carbonyl (C=O) groups excluding carboxylic acids is 1. The van der Waals surface area contributed by atoms with E-state index in [1.54, 1.807) is 6.26 Å². The van der Waals surface area contributed by atoms with Crippen LogP contribution in [0, 0.1) is 21.4 Å². The Bertz CT molecular complexity index is 760. The first-order valence-corrected chi connectivity index (χ1v) is 7.69. The summed E-state index contributed by atoms with van der Waals surface area (Å²) in [7, 11) is 0. The summed E-state index contributed by atoms with van der Waals surface area (Å²) in [6, 6.07) is 7.27. The third kappa shape index (κ3) is 2.74. The van der Waals surface area contributed by atoms with Crippen LogP contribution in [0.4, 0.5) is 11.4 Å². The topological polar surface area (TPSA) is 110 Å². The van der Waals surface area contributed by atoms with E-state index < -0.39 is 4.92 Å². The van der Waals surface area contributed by atoms with Crippen molar-refractivity contribution in [3.05, 3.63) is 50.4 Å². The van der Waals surface area contributed by atoms with Gasteiger partial charge in [0.15, 0.2) is 0 Å². The Labute approximate surface area is 128 Å². The Morgan fingerprint density at radius 3 is 2.48 bits per heavy atom. The van der Waals surface area contributed by atoms with Gasteiger partial charge in [0.1, 0.15) is 16.5 Å². The zero-order valence-electron chi connectivity index (χ0n) is 10.8. The number of thiophene rings is 1. The number of rotatable bonds is 4. The number of benzene rings is 1. The highest BCUT2D eigenvalue weighted by Gasteiger charge is 2.22.